The number of rotatable bonds is 7. The molecule has 1 aliphatic carbocycles. The summed E-state index contributed by atoms with van der Waals surface area (Å²) in [5.74, 6) is 0.744. The first-order valence-corrected chi connectivity index (χ1v) is 7.85. The van der Waals surface area contributed by atoms with Gasteiger partial charge in [-0.3, -0.25) is 4.79 Å². The quantitative estimate of drug-likeness (QED) is 0.666. The second-order valence-corrected chi connectivity index (χ2v) is 5.67. The minimum atomic E-state index is 0.0439. The number of hydrogen-bond acceptors (Lipinski definition) is 4. The molecule has 1 aromatic heterocycles. The molecular weight excluding hydrogens is 284 g/mol. The van der Waals surface area contributed by atoms with Gasteiger partial charge in [0.25, 0.3) is 0 Å². The molecule has 5 nitrogen and oxygen atoms in total. The molecule has 114 valence electrons. The number of aromatic nitrogens is 1. The molecular formula is C15H22N4OS. The van der Waals surface area contributed by atoms with Gasteiger partial charge < -0.3 is 16.4 Å². The van der Waals surface area contributed by atoms with Crippen LogP contribution in [0.3, 0.4) is 0 Å². The summed E-state index contributed by atoms with van der Waals surface area (Å²) in [7, 11) is 0. The molecule has 0 atom stereocenters. The normalized spacial score (nSPS) is 12.8. The monoisotopic (exact) mass is 306 g/mol. The fraction of sp³-hybridized carbons (Fsp3) is 0.533. The van der Waals surface area contributed by atoms with Gasteiger partial charge in [0.1, 0.15) is 10.8 Å². The molecule has 1 aromatic rings. The Morgan fingerprint density at radius 2 is 2.24 bits per heavy atom. The lowest BCUT2D eigenvalue weighted by Gasteiger charge is -2.12. The number of thiocarbonyl (C=S) groups is 1. The third-order valence-electron chi connectivity index (χ3n) is 3.53. The highest BCUT2D eigenvalue weighted by Crippen LogP contribution is 2.25. The van der Waals surface area contributed by atoms with Crippen molar-refractivity contribution in [1.29, 1.82) is 0 Å². The Labute approximate surface area is 130 Å². The molecule has 0 radical (unpaired) electrons. The van der Waals surface area contributed by atoms with E-state index < -0.39 is 0 Å². The van der Waals surface area contributed by atoms with Gasteiger partial charge in [0, 0.05) is 25.2 Å². The van der Waals surface area contributed by atoms with Crippen LogP contribution in [0.2, 0.25) is 0 Å². The van der Waals surface area contributed by atoms with Crippen LogP contribution < -0.4 is 16.4 Å². The Hall–Kier alpha value is -1.69. The van der Waals surface area contributed by atoms with E-state index in [-0.39, 0.29) is 5.91 Å². The lowest BCUT2D eigenvalue weighted by atomic mass is 10.1. The van der Waals surface area contributed by atoms with Gasteiger partial charge in [0.05, 0.1) is 5.56 Å². The van der Waals surface area contributed by atoms with E-state index in [4.69, 9.17) is 18.0 Å². The molecule has 0 fully saturated rings. The smallest absolute Gasteiger partial charge is 0.221 e. The van der Waals surface area contributed by atoms with E-state index in [2.05, 4.69) is 15.6 Å². The number of carbonyl (C=O) groups is 1. The van der Waals surface area contributed by atoms with E-state index in [0.29, 0.717) is 30.3 Å². The first kappa shape index (κ1) is 15.7. The highest BCUT2D eigenvalue weighted by atomic mass is 32.1. The van der Waals surface area contributed by atoms with Crippen molar-refractivity contribution < 1.29 is 4.79 Å². The van der Waals surface area contributed by atoms with Crippen molar-refractivity contribution in [3.8, 4) is 0 Å². The third-order valence-corrected chi connectivity index (χ3v) is 3.75. The number of nitrogens with one attached hydrogen (secondary N) is 2. The molecule has 0 spiro atoms. The van der Waals surface area contributed by atoms with Crippen molar-refractivity contribution in [2.75, 3.05) is 18.4 Å². The van der Waals surface area contributed by atoms with E-state index in [0.717, 1.165) is 36.9 Å². The number of anilines is 1. The van der Waals surface area contributed by atoms with Crippen LogP contribution in [0.25, 0.3) is 0 Å². The van der Waals surface area contributed by atoms with Gasteiger partial charge in [-0.05, 0) is 37.3 Å². The molecule has 0 unspecified atom stereocenters. The number of amides is 1. The molecule has 21 heavy (non-hydrogen) atoms. The third kappa shape index (κ3) is 4.14. The maximum Gasteiger partial charge on any atom is 0.221 e. The predicted molar refractivity (Wildman–Crippen MR) is 88.6 cm³/mol. The van der Waals surface area contributed by atoms with Crippen LogP contribution in [0.1, 0.15) is 43.0 Å². The second-order valence-electron chi connectivity index (χ2n) is 5.23. The second kappa shape index (κ2) is 7.36. The number of fused-ring (bicyclic) bond motifs is 1. The van der Waals surface area contributed by atoms with Crippen molar-refractivity contribution in [2.24, 2.45) is 5.73 Å². The number of nitrogens with zero attached hydrogens (tertiary/aromatic N) is 1. The van der Waals surface area contributed by atoms with Gasteiger partial charge in [-0.1, -0.05) is 19.1 Å². The Kier molecular flexibility index (Phi) is 5.50. The van der Waals surface area contributed by atoms with Crippen LogP contribution in [0.15, 0.2) is 6.07 Å². The molecule has 4 N–H and O–H groups in total. The summed E-state index contributed by atoms with van der Waals surface area (Å²) in [4.78, 5) is 16.5. The molecule has 2 rings (SSSR count). The summed E-state index contributed by atoms with van der Waals surface area (Å²) in [5, 5.41) is 6.04. The van der Waals surface area contributed by atoms with Crippen LogP contribution in [0.4, 0.5) is 5.82 Å². The maximum atomic E-state index is 11.6. The standard InChI is InChI=1S/C15H22N4OS/c1-2-7-17-13(20)6-8-18-15-11(14(16)21)9-10-4-3-5-12(10)19-15/h9H,2-8H2,1H3,(H2,16,21)(H,17,20)(H,18,19). The van der Waals surface area contributed by atoms with Crippen LogP contribution in [-0.2, 0) is 17.6 Å². The molecule has 1 aliphatic rings. The Morgan fingerprint density at radius 3 is 2.95 bits per heavy atom. The summed E-state index contributed by atoms with van der Waals surface area (Å²) >= 11 is 5.10. The molecule has 1 amide bonds. The molecule has 0 bridgehead atoms. The molecule has 6 heteroatoms. The number of nitrogens with two attached hydrogens (primary N) is 1. The van der Waals surface area contributed by atoms with Crippen LogP contribution >= 0.6 is 12.2 Å². The topological polar surface area (TPSA) is 80.0 Å². The zero-order valence-corrected chi connectivity index (χ0v) is 13.2. The van der Waals surface area contributed by atoms with E-state index in [1.54, 1.807) is 0 Å². The van der Waals surface area contributed by atoms with Gasteiger partial charge in [0.2, 0.25) is 5.91 Å². The van der Waals surface area contributed by atoms with Crippen molar-refractivity contribution in [3.63, 3.8) is 0 Å². The average Bonchev–Trinajstić information content (AvgIpc) is 2.91. The minimum absolute atomic E-state index is 0.0439. The van der Waals surface area contributed by atoms with Crippen LogP contribution in [0.5, 0.6) is 0 Å². The first-order chi connectivity index (χ1) is 10.1. The highest BCUT2D eigenvalue weighted by Gasteiger charge is 2.17. The average molecular weight is 306 g/mol. The van der Waals surface area contributed by atoms with Crippen LogP contribution in [0, 0.1) is 0 Å². The first-order valence-electron chi connectivity index (χ1n) is 7.45. The Bertz CT molecular complexity index is 545. The van der Waals surface area contributed by atoms with E-state index in [1.807, 2.05) is 13.0 Å². The number of carbonyl (C=O) groups excluding carboxylic acids is 1. The molecule has 0 aliphatic heterocycles. The molecule has 0 aromatic carbocycles. The number of hydrogen-bond donors (Lipinski definition) is 3. The highest BCUT2D eigenvalue weighted by molar-refractivity contribution is 7.80. The van der Waals surface area contributed by atoms with Gasteiger partial charge in [-0.2, -0.15) is 0 Å². The Balaban J connectivity index is 1.99. The van der Waals surface area contributed by atoms with E-state index >= 15 is 0 Å². The summed E-state index contributed by atoms with van der Waals surface area (Å²) in [6, 6.07) is 2.04. The van der Waals surface area contributed by atoms with Gasteiger partial charge >= 0.3 is 0 Å². The summed E-state index contributed by atoms with van der Waals surface area (Å²) in [6.45, 7) is 3.27. The maximum absolute atomic E-state index is 11.6. The molecule has 1 heterocycles. The summed E-state index contributed by atoms with van der Waals surface area (Å²) < 4.78 is 0. The van der Waals surface area contributed by atoms with E-state index in [9.17, 15) is 4.79 Å². The number of aryl methyl sites for hydroxylation is 2. The fourth-order valence-corrected chi connectivity index (χ4v) is 2.60. The van der Waals surface area contributed by atoms with Gasteiger partial charge in [0.15, 0.2) is 0 Å². The predicted octanol–water partition coefficient (Wildman–Crippen LogP) is 1.53. The lowest BCUT2D eigenvalue weighted by molar-refractivity contribution is -0.120. The zero-order valence-electron chi connectivity index (χ0n) is 12.4. The van der Waals surface area contributed by atoms with Crippen molar-refractivity contribution in [2.45, 2.75) is 39.0 Å². The van der Waals surface area contributed by atoms with E-state index in [1.165, 1.54) is 5.56 Å². The zero-order chi connectivity index (χ0) is 15.2. The fourth-order valence-electron chi connectivity index (χ4n) is 2.44. The summed E-state index contributed by atoms with van der Waals surface area (Å²) in [5.41, 5.74) is 8.91. The molecule has 0 saturated heterocycles. The van der Waals surface area contributed by atoms with Crippen molar-refractivity contribution >= 4 is 28.9 Å². The SMILES string of the molecule is CCCNC(=O)CCNc1nc2c(cc1C(N)=S)CCC2. The summed E-state index contributed by atoms with van der Waals surface area (Å²) in [6.07, 6.45) is 4.52. The lowest BCUT2D eigenvalue weighted by Crippen LogP contribution is -2.26. The van der Waals surface area contributed by atoms with Gasteiger partial charge in [-0.25, -0.2) is 4.98 Å². The van der Waals surface area contributed by atoms with Crippen molar-refractivity contribution in [3.05, 3.63) is 22.9 Å². The Morgan fingerprint density at radius 1 is 1.43 bits per heavy atom. The largest absolute Gasteiger partial charge is 0.389 e. The van der Waals surface area contributed by atoms with Crippen molar-refractivity contribution in [1.82, 2.24) is 10.3 Å². The van der Waals surface area contributed by atoms with Crippen LogP contribution in [-0.4, -0.2) is 29.0 Å². The molecule has 0 saturated carbocycles. The number of pyridine rings is 1. The minimum Gasteiger partial charge on any atom is -0.389 e. The van der Waals surface area contributed by atoms with Gasteiger partial charge in [-0.15, -0.1) is 0 Å².